The number of phenolic OH excluding ortho intramolecular Hbond substituents is 1. The number of anilines is 1. The normalized spacial score (nSPS) is 10.9. The van der Waals surface area contributed by atoms with E-state index in [1.807, 2.05) is 13.0 Å². The number of aromatic nitrogens is 2. The number of nitrogens with two attached hydrogens (primary N) is 2. The fourth-order valence-corrected chi connectivity index (χ4v) is 2.64. The van der Waals surface area contributed by atoms with Crippen molar-refractivity contribution in [3.05, 3.63) is 47.3 Å². The van der Waals surface area contributed by atoms with Crippen LogP contribution in [0.1, 0.15) is 21.6 Å². The van der Waals surface area contributed by atoms with E-state index in [4.69, 9.17) is 11.5 Å². The van der Waals surface area contributed by atoms with E-state index in [9.17, 15) is 9.90 Å². The number of carbonyl (C=O) groups excluding carboxylic acids is 1. The average molecular weight is 308 g/mol. The number of primary amides is 1. The lowest BCUT2D eigenvalue weighted by Gasteiger charge is -2.15. The number of hydrogen-bond donors (Lipinski definition) is 3. The van der Waals surface area contributed by atoms with Crippen molar-refractivity contribution < 1.29 is 9.90 Å². The average Bonchev–Trinajstić information content (AvgIpc) is 2.50. The SMILES string of the molecule is Cc1cnc2c(-c3cccc(O)c3C)c(N)c(C(N)=O)cc2n1. The molecule has 116 valence electrons. The van der Waals surface area contributed by atoms with Crippen LogP contribution in [0.25, 0.3) is 22.2 Å². The molecule has 3 aromatic rings. The molecule has 0 atom stereocenters. The fraction of sp³-hybridized carbons (Fsp3) is 0.118. The molecule has 0 aliphatic heterocycles. The van der Waals surface area contributed by atoms with E-state index in [1.165, 1.54) is 0 Å². The van der Waals surface area contributed by atoms with Crippen LogP contribution in [0, 0.1) is 13.8 Å². The molecular formula is C17H16N4O2. The van der Waals surface area contributed by atoms with Gasteiger partial charge in [0.05, 0.1) is 28.0 Å². The maximum absolute atomic E-state index is 11.7. The van der Waals surface area contributed by atoms with Crippen molar-refractivity contribution in [2.24, 2.45) is 5.73 Å². The summed E-state index contributed by atoms with van der Waals surface area (Å²) in [5.41, 5.74) is 15.8. The Morgan fingerprint density at radius 2 is 2.00 bits per heavy atom. The molecule has 2 aromatic carbocycles. The van der Waals surface area contributed by atoms with E-state index < -0.39 is 5.91 Å². The molecule has 0 spiro atoms. The van der Waals surface area contributed by atoms with Gasteiger partial charge in [-0.3, -0.25) is 9.78 Å². The van der Waals surface area contributed by atoms with Crippen molar-refractivity contribution in [2.45, 2.75) is 13.8 Å². The number of carbonyl (C=O) groups is 1. The van der Waals surface area contributed by atoms with Crippen molar-refractivity contribution in [1.29, 1.82) is 0 Å². The maximum Gasteiger partial charge on any atom is 0.250 e. The number of rotatable bonds is 2. The second kappa shape index (κ2) is 5.24. The Kier molecular flexibility index (Phi) is 3.37. The molecule has 1 aromatic heterocycles. The molecule has 0 radical (unpaired) electrons. The Labute approximate surface area is 132 Å². The lowest BCUT2D eigenvalue weighted by molar-refractivity contribution is 0.100. The fourth-order valence-electron chi connectivity index (χ4n) is 2.64. The second-order valence-electron chi connectivity index (χ2n) is 5.41. The largest absolute Gasteiger partial charge is 0.508 e. The predicted molar refractivity (Wildman–Crippen MR) is 89.0 cm³/mol. The molecule has 5 N–H and O–H groups in total. The van der Waals surface area contributed by atoms with Crippen molar-refractivity contribution >= 4 is 22.6 Å². The highest BCUT2D eigenvalue weighted by atomic mass is 16.3. The number of nitrogen functional groups attached to an aromatic ring is 1. The molecule has 0 fully saturated rings. The van der Waals surface area contributed by atoms with Crippen LogP contribution in [-0.2, 0) is 0 Å². The summed E-state index contributed by atoms with van der Waals surface area (Å²) >= 11 is 0. The van der Waals surface area contributed by atoms with Crippen LogP contribution in [0.2, 0.25) is 0 Å². The predicted octanol–water partition coefficient (Wildman–Crippen LogP) is 2.30. The van der Waals surface area contributed by atoms with Gasteiger partial charge in [0, 0.05) is 11.8 Å². The van der Waals surface area contributed by atoms with E-state index >= 15 is 0 Å². The third-order valence-corrected chi connectivity index (χ3v) is 3.84. The molecule has 0 saturated heterocycles. The van der Waals surface area contributed by atoms with Crippen molar-refractivity contribution in [3.8, 4) is 16.9 Å². The van der Waals surface area contributed by atoms with E-state index in [-0.39, 0.29) is 17.0 Å². The summed E-state index contributed by atoms with van der Waals surface area (Å²) in [6.07, 6.45) is 1.63. The van der Waals surface area contributed by atoms with Crippen molar-refractivity contribution in [3.63, 3.8) is 0 Å². The zero-order chi connectivity index (χ0) is 16.7. The van der Waals surface area contributed by atoms with E-state index in [0.29, 0.717) is 27.7 Å². The highest BCUT2D eigenvalue weighted by molar-refractivity contribution is 6.10. The number of benzene rings is 2. The number of amides is 1. The zero-order valence-electron chi connectivity index (χ0n) is 12.8. The molecule has 0 aliphatic rings. The molecule has 6 nitrogen and oxygen atoms in total. The number of aromatic hydroxyl groups is 1. The summed E-state index contributed by atoms with van der Waals surface area (Å²) in [6, 6.07) is 6.66. The lowest BCUT2D eigenvalue weighted by atomic mass is 9.94. The Hall–Kier alpha value is -3.15. The molecule has 1 amide bonds. The highest BCUT2D eigenvalue weighted by Gasteiger charge is 2.19. The first-order valence-corrected chi connectivity index (χ1v) is 7.04. The third-order valence-electron chi connectivity index (χ3n) is 3.84. The lowest BCUT2D eigenvalue weighted by Crippen LogP contribution is -2.15. The first-order chi connectivity index (χ1) is 10.9. The van der Waals surface area contributed by atoms with Gasteiger partial charge >= 0.3 is 0 Å². The van der Waals surface area contributed by atoms with E-state index in [0.717, 1.165) is 5.69 Å². The minimum absolute atomic E-state index is 0.139. The summed E-state index contributed by atoms with van der Waals surface area (Å²) < 4.78 is 0. The molecule has 0 saturated carbocycles. The van der Waals surface area contributed by atoms with Crippen LogP contribution in [0.15, 0.2) is 30.5 Å². The van der Waals surface area contributed by atoms with E-state index in [2.05, 4.69) is 9.97 Å². The molecule has 0 aliphatic carbocycles. The Morgan fingerprint density at radius 1 is 1.26 bits per heavy atom. The summed E-state index contributed by atoms with van der Waals surface area (Å²) in [5.74, 6) is -0.494. The van der Waals surface area contributed by atoms with Gasteiger partial charge in [0.2, 0.25) is 0 Å². The summed E-state index contributed by atoms with van der Waals surface area (Å²) in [7, 11) is 0. The van der Waals surface area contributed by atoms with Crippen LogP contribution in [0.3, 0.4) is 0 Å². The number of phenols is 1. The monoisotopic (exact) mass is 308 g/mol. The molecule has 23 heavy (non-hydrogen) atoms. The molecule has 1 heterocycles. The first kappa shape index (κ1) is 14.8. The topological polar surface area (TPSA) is 115 Å². The van der Waals surface area contributed by atoms with Gasteiger partial charge in [-0.1, -0.05) is 12.1 Å². The zero-order valence-corrected chi connectivity index (χ0v) is 12.8. The smallest absolute Gasteiger partial charge is 0.250 e. The van der Waals surface area contributed by atoms with Crippen molar-refractivity contribution in [2.75, 3.05) is 5.73 Å². The molecule has 6 heteroatoms. The highest BCUT2D eigenvalue weighted by Crippen LogP contribution is 2.38. The van der Waals surface area contributed by atoms with Gasteiger partial charge < -0.3 is 16.6 Å². The van der Waals surface area contributed by atoms with Gasteiger partial charge in [-0.2, -0.15) is 0 Å². The maximum atomic E-state index is 11.7. The minimum Gasteiger partial charge on any atom is -0.508 e. The summed E-state index contributed by atoms with van der Waals surface area (Å²) in [6.45, 7) is 3.58. The number of aryl methyl sites for hydroxylation is 1. The van der Waals surface area contributed by atoms with Gasteiger partial charge in [-0.05, 0) is 37.1 Å². The van der Waals surface area contributed by atoms with Crippen LogP contribution >= 0.6 is 0 Å². The molecule has 3 rings (SSSR count). The molecular weight excluding hydrogens is 292 g/mol. The van der Waals surface area contributed by atoms with Crippen LogP contribution < -0.4 is 11.5 Å². The Bertz CT molecular complexity index is 951. The molecule has 0 unspecified atom stereocenters. The molecule has 0 bridgehead atoms. The van der Waals surface area contributed by atoms with Crippen molar-refractivity contribution in [1.82, 2.24) is 9.97 Å². The van der Waals surface area contributed by atoms with Gasteiger partial charge in [0.1, 0.15) is 5.75 Å². The van der Waals surface area contributed by atoms with Crippen LogP contribution in [0.5, 0.6) is 5.75 Å². The third kappa shape index (κ3) is 2.34. The second-order valence-corrected chi connectivity index (χ2v) is 5.41. The number of nitrogens with zero attached hydrogens (tertiary/aromatic N) is 2. The van der Waals surface area contributed by atoms with Crippen LogP contribution in [-0.4, -0.2) is 21.0 Å². The van der Waals surface area contributed by atoms with E-state index in [1.54, 1.807) is 31.3 Å². The summed E-state index contributed by atoms with van der Waals surface area (Å²) in [4.78, 5) is 20.6. The Morgan fingerprint density at radius 3 is 2.70 bits per heavy atom. The van der Waals surface area contributed by atoms with Crippen LogP contribution in [0.4, 0.5) is 5.69 Å². The number of fused-ring (bicyclic) bond motifs is 1. The quantitative estimate of drug-likeness (QED) is 0.628. The number of hydrogen-bond acceptors (Lipinski definition) is 5. The summed E-state index contributed by atoms with van der Waals surface area (Å²) in [5, 5.41) is 9.98. The van der Waals surface area contributed by atoms with Gasteiger partial charge in [0.25, 0.3) is 5.91 Å². The minimum atomic E-state index is -0.633. The Balaban J connectivity index is 2.49. The van der Waals surface area contributed by atoms with Gasteiger partial charge in [-0.25, -0.2) is 4.98 Å². The standard InChI is InChI=1S/C17H16N4O2/c1-8-7-20-16-12(21-8)6-11(17(19)23)15(18)14(16)10-4-3-5-13(22)9(10)2/h3-7,22H,18H2,1-2H3,(H2,19,23). The van der Waals surface area contributed by atoms with Gasteiger partial charge in [-0.15, -0.1) is 0 Å². The first-order valence-electron chi connectivity index (χ1n) is 7.04. The van der Waals surface area contributed by atoms with Gasteiger partial charge in [0.15, 0.2) is 0 Å².